The molecule has 3 unspecified atom stereocenters. The number of hydroxylamine groups is 3. The minimum atomic E-state index is -0.917. The number of carbonyl (C=O) groups is 2. The van der Waals surface area contributed by atoms with Crippen LogP contribution in [-0.2, 0) is 16.6 Å². The maximum Gasteiger partial charge on any atom is 0.251 e. The Bertz CT molecular complexity index is 1230. The molecule has 2 bridgehead atoms. The van der Waals surface area contributed by atoms with Gasteiger partial charge in [0.15, 0.2) is 23.4 Å². The number of nitrogens with zero attached hydrogens (tertiary/aromatic N) is 1. The van der Waals surface area contributed by atoms with Crippen LogP contribution < -0.4 is 10.1 Å². The fraction of sp³-hybridized carbons (Fsp3) is 0.481. The monoisotopic (exact) mass is 460 g/mol. The van der Waals surface area contributed by atoms with Gasteiger partial charge in [-0.25, -0.2) is 0 Å². The predicted octanol–water partition coefficient (Wildman–Crippen LogP) is 2.98. The molecule has 2 aromatic carbocycles. The lowest BCUT2D eigenvalue weighted by atomic mass is 9.47. The predicted molar refractivity (Wildman–Crippen MR) is 123 cm³/mol. The van der Waals surface area contributed by atoms with Crippen molar-refractivity contribution in [1.29, 1.82) is 0 Å². The number of ether oxygens (including phenoxy) is 1. The van der Waals surface area contributed by atoms with E-state index in [2.05, 4.69) is 5.32 Å². The standard InChI is InChI=1S/C27H28N2O5/c30-19-9-8-18-14-21-27(28-25(32)17-4-2-1-3-5-17)11-10-20(31)24-26(27,22(18)23(19)34-24)12-13-29(21,33)15-16-6-7-16/h1-5,8-9,16,21,24,30H,6-7,10-15H2,(H,28,32)/t21-,24+,26?,27?,29?/m1/s1. The first kappa shape index (κ1) is 20.5. The maximum atomic E-state index is 14.6. The van der Waals surface area contributed by atoms with Crippen LogP contribution in [0.25, 0.3) is 0 Å². The third-order valence-electron chi connectivity index (χ3n) is 9.28. The summed E-state index contributed by atoms with van der Waals surface area (Å²) < 4.78 is 5.90. The number of benzene rings is 2. The normalized spacial score (nSPS) is 37.0. The van der Waals surface area contributed by atoms with Crippen molar-refractivity contribution in [2.75, 3.05) is 13.1 Å². The highest BCUT2D eigenvalue weighted by molar-refractivity contribution is 5.96. The lowest BCUT2D eigenvalue weighted by Gasteiger charge is -2.69. The van der Waals surface area contributed by atoms with Gasteiger partial charge in [-0.3, -0.25) is 9.59 Å². The Morgan fingerprint density at radius 2 is 1.97 bits per heavy atom. The van der Waals surface area contributed by atoms with Crippen molar-refractivity contribution in [2.45, 2.75) is 61.6 Å². The molecule has 7 heteroatoms. The smallest absolute Gasteiger partial charge is 0.251 e. The topological polar surface area (TPSA) is 98.7 Å². The highest BCUT2D eigenvalue weighted by Gasteiger charge is 2.76. The van der Waals surface area contributed by atoms with Crippen molar-refractivity contribution >= 4 is 11.7 Å². The number of aromatic hydroxyl groups is 1. The second kappa shape index (κ2) is 6.61. The summed E-state index contributed by atoms with van der Waals surface area (Å²) >= 11 is 0. The second-order valence-electron chi connectivity index (χ2n) is 10.9. The molecule has 34 heavy (non-hydrogen) atoms. The van der Waals surface area contributed by atoms with Gasteiger partial charge in [0.05, 0.1) is 18.5 Å². The number of carbonyl (C=O) groups excluding carboxylic acids is 2. The maximum absolute atomic E-state index is 14.6. The molecule has 176 valence electrons. The second-order valence-corrected chi connectivity index (χ2v) is 10.9. The average Bonchev–Trinajstić information content (AvgIpc) is 3.56. The van der Waals surface area contributed by atoms with Crippen LogP contribution in [0.15, 0.2) is 42.5 Å². The Labute approximate surface area is 197 Å². The van der Waals surface area contributed by atoms with Gasteiger partial charge in [0.2, 0.25) is 0 Å². The van der Waals surface area contributed by atoms with Gasteiger partial charge in [-0.2, -0.15) is 0 Å². The van der Waals surface area contributed by atoms with Gasteiger partial charge in [0.1, 0.15) is 11.6 Å². The summed E-state index contributed by atoms with van der Waals surface area (Å²) in [6.07, 6.45) is 2.98. The molecule has 5 atom stereocenters. The van der Waals surface area contributed by atoms with E-state index in [0.717, 1.165) is 24.0 Å². The van der Waals surface area contributed by atoms with Gasteiger partial charge in [0.25, 0.3) is 5.91 Å². The Morgan fingerprint density at radius 1 is 1.18 bits per heavy atom. The summed E-state index contributed by atoms with van der Waals surface area (Å²) in [4.78, 5) is 26.9. The van der Waals surface area contributed by atoms with Crippen molar-refractivity contribution in [1.82, 2.24) is 5.32 Å². The van der Waals surface area contributed by atoms with E-state index in [4.69, 9.17) is 4.74 Å². The number of likely N-dealkylation sites (tertiary alicyclic amines) is 1. The molecule has 2 aliphatic heterocycles. The Kier molecular flexibility index (Phi) is 3.98. The molecule has 2 N–H and O–H groups in total. The summed E-state index contributed by atoms with van der Waals surface area (Å²) in [5.74, 6) is 0.576. The van der Waals surface area contributed by atoms with Crippen LogP contribution in [0.5, 0.6) is 11.5 Å². The quantitative estimate of drug-likeness (QED) is 0.540. The fourth-order valence-corrected chi connectivity index (χ4v) is 7.71. The number of piperidine rings is 1. The molecule has 2 heterocycles. The first-order valence-corrected chi connectivity index (χ1v) is 12.4. The molecule has 0 radical (unpaired) electrons. The largest absolute Gasteiger partial charge is 0.633 e. The third kappa shape index (κ3) is 2.44. The number of phenolic OH excluding ortho intramolecular Hbond substituents is 1. The van der Waals surface area contributed by atoms with Gasteiger partial charge >= 0.3 is 0 Å². The Morgan fingerprint density at radius 3 is 2.74 bits per heavy atom. The molecular formula is C27H28N2O5. The summed E-state index contributed by atoms with van der Waals surface area (Å²) in [7, 11) is 0. The molecule has 2 saturated carbocycles. The van der Waals surface area contributed by atoms with Crippen LogP contribution in [0.1, 0.15) is 53.6 Å². The number of rotatable bonds is 4. The van der Waals surface area contributed by atoms with Crippen LogP contribution in [0.2, 0.25) is 0 Å². The number of hydrogen-bond donors (Lipinski definition) is 2. The summed E-state index contributed by atoms with van der Waals surface area (Å²) in [5, 5.41) is 28.6. The lowest BCUT2D eigenvalue weighted by molar-refractivity contribution is -0.920. The minimum Gasteiger partial charge on any atom is -0.633 e. The molecule has 3 fully saturated rings. The van der Waals surface area contributed by atoms with E-state index >= 15 is 0 Å². The van der Waals surface area contributed by atoms with Gasteiger partial charge in [0, 0.05) is 36.3 Å². The highest BCUT2D eigenvalue weighted by Crippen LogP contribution is 2.66. The van der Waals surface area contributed by atoms with E-state index in [1.54, 1.807) is 18.2 Å². The van der Waals surface area contributed by atoms with Gasteiger partial charge in [-0.15, -0.1) is 0 Å². The molecule has 1 amide bonds. The van der Waals surface area contributed by atoms with E-state index < -0.39 is 23.1 Å². The highest BCUT2D eigenvalue weighted by atomic mass is 16.6. The van der Waals surface area contributed by atoms with Crippen molar-refractivity contribution < 1.29 is 24.1 Å². The number of amides is 1. The van der Waals surface area contributed by atoms with Crippen molar-refractivity contribution in [2.24, 2.45) is 5.92 Å². The molecule has 5 aliphatic rings. The SMILES string of the molecule is O=C(NC12CCC(=O)[C@@H]3Oc4c(O)ccc5c4C31CC[N+]([O-])(CC1CC1)[C@@H]2C5)c1ccccc1. The molecular weight excluding hydrogens is 432 g/mol. The molecule has 1 spiro atoms. The van der Waals surface area contributed by atoms with Crippen molar-refractivity contribution in [3.8, 4) is 11.5 Å². The third-order valence-corrected chi connectivity index (χ3v) is 9.28. The fourth-order valence-electron chi connectivity index (χ4n) is 7.71. The molecule has 1 saturated heterocycles. The number of phenols is 1. The zero-order valence-electron chi connectivity index (χ0n) is 19.0. The first-order valence-electron chi connectivity index (χ1n) is 12.4. The average molecular weight is 461 g/mol. The molecule has 3 aliphatic carbocycles. The van der Waals surface area contributed by atoms with Gasteiger partial charge in [-0.1, -0.05) is 24.3 Å². The molecule has 7 nitrogen and oxygen atoms in total. The number of nitrogens with one attached hydrogen (secondary N) is 1. The van der Waals surface area contributed by atoms with Crippen LogP contribution in [0, 0.1) is 11.1 Å². The zero-order chi connectivity index (χ0) is 23.3. The lowest BCUT2D eigenvalue weighted by Crippen LogP contribution is -2.85. The Balaban J connectivity index is 1.45. The van der Waals surface area contributed by atoms with E-state index in [0.29, 0.717) is 49.6 Å². The van der Waals surface area contributed by atoms with E-state index in [1.807, 2.05) is 24.3 Å². The van der Waals surface area contributed by atoms with Crippen molar-refractivity contribution in [3.05, 3.63) is 64.4 Å². The van der Waals surface area contributed by atoms with Crippen LogP contribution >= 0.6 is 0 Å². The van der Waals surface area contributed by atoms with Crippen LogP contribution in [-0.4, -0.2) is 52.2 Å². The van der Waals surface area contributed by atoms with Crippen molar-refractivity contribution in [3.63, 3.8) is 0 Å². The van der Waals surface area contributed by atoms with Gasteiger partial charge in [-0.05, 0) is 43.0 Å². The van der Waals surface area contributed by atoms with E-state index in [-0.39, 0.29) is 28.5 Å². The zero-order valence-corrected chi connectivity index (χ0v) is 19.0. The minimum absolute atomic E-state index is 0.0140. The summed E-state index contributed by atoms with van der Waals surface area (Å²) in [6.45, 7) is 0.954. The molecule has 7 rings (SSSR count). The van der Waals surface area contributed by atoms with Crippen LogP contribution in [0.4, 0.5) is 0 Å². The molecule has 2 aromatic rings. The van der Waals surface area contributed by atoms with Crippen LogP contribution in [0.3, 0.4) is 0 Å². The van der Waals surface area contributed by atoms with E-state index in [1.165, 1.54) is 0 Å². The Hall–Kier alpha value is -2.90. The number of quaternary nitrogens is 1. The molecule has 0 aromatic heterocycles. The first-order chi connectivity index (χ1) is 16.4. The number of Topliss-reactive ketones (excluding diaryl/α,β-unsaturated/α-hetero) is 1. The van der Waals surface area contributed by atoms with Gasteiger partial charge < -0.3 is 25.0 Å². The number of ketones is 1. The number of hydrogen-bond acceptors (Lipinski definition) is 5. The summed E-state index contributed by atoms with van der Waals surface area (Å²) in [5.41, 5.74) is 0.585. The summed E-state index contributed by atoms with van der Waals surface area (Å²) in [6, 6.07) is 12.1. The van der Waals surface area contributed by atoms with E-state index in [9.17, 15) is 19.9 Å².